The Morgan fingerprint density at radius 2 is 1.93 bits per heavy atom. The van der Waals surface area contributed by atoms with Gasteiger partial charge in [-0.3, -0.25) is 0 Å². The van der Waals surface area contributed by atoms with E-state index in [-0.39, 0.29) is 15.1 Å². The molecule has 0 spiro atoms. The van der Waals surface area contributed by atoms with E-state index in [0.717, 1.165) is 6.07 Å². The van der Waals surface area contributed by atoms with Gasteiger partial charge in [0.1, 0.15) is 5.75 Å². The van der Waals surface area contributed by atoms with Crippen molar-refractivity contribution in [3.05, 3.63) is 22.7 Å². The van der Waals surface area contributed by atoms with Crippen LogP contribution in [0.2, 0.25) is 0 Å². The molecule has 1 aromatic rings. The number of benzene rings is 1. The standard InChI is InChI=1S/C7H6BrF2NO3S/c8-4-1-5(14-7(9)10)3-6(2-4)15(11,12)13/h1-3,7H,(H2,11,12,13). The van der Waals surface area contributed by atoms with Gasteiger partial charge in [0.15, 0.2) is 0 Å². The van der Waals surface area contributed by atoms with E-state index in [1.54, 1.807) is 0 Å². The molecule has 1 aromatic carbocycles. The smallest absolute Gasteiger partial charge is 0.387 e. The summed E-state index contributed by atoms with van der Waals surface area (Å²) in [6.07, 6.45) is 0. The minimum absolute atomic E-state index is 0.275. The molecule has 0 unspecified atom stereocenters. The second kappa shape index (κ2) is 4.42. The molecular weight excluding hydrogens is 296 g/mol. The molecule has 0 fully saturated rings. The van der Waals surface area contributed by atoms with E-state index >= 15 is 0 Å². The lowest BCUT2D eigenvalue weighted by Gasteiger charge is -2.06. The zero-order valence-electron chi connectivity index (χ0n) is 7.15. The highest BCUT2D eigenvalue weighted by Crippen LogP contribution is 2.24. The summed E-state index contributed by atoms with van der Waals surface area (Å²) >= 11 is 2.95. The molecule has 15 heavy (non-hydrogen) atoms. The molecule has 0 aromatic heterocycles. The third-order valence-corrected chi connectivity index (χ3v) is 2.75. The van der Waals surface area contributed by atoms with Crippen LogP contribution in [0.5, 0.6) is 5.75 Å². The fourth-order valence-electron chi connectivity index (χ4n) is 0.872. The molecule has 0 aliphatic heterocycles. The van der Waals surface area contributed by atoms with Crippen LogP contribution in [0.25, 0.3) is 0 Å². The number of ether oxygens (including phenoxy) is 1. The van der Waals surface area contributed by atoms with Gasteiger partial charge in [0.25, 0.3) is 0 Å². The van der Waals surface area contributed by atoms with Crippen LogP contribution in [0.3, 0.4) is 0 Å². The number of primary sulfonamides is 1. The van der Waals surface area contributed by atoms with Crippen molar-refractivity contribution in [2.75, 3.05) is 0 Å². The molecule has 1 rings (SSSR count). The van der Waals surface area contributed by atoms with Gasteiger partial charge >= 0.3 is 6.61 Å². The molecule has 0 amide bonds. The van der Waals surface area contributed by atoms with Crippen molar-refractivity contribution in [2.45, 2.75) is 11.5 Å². The molecular formula is C7H6BrF2NO3S. The molecule has 0 heterocycles. The van der Waals surface area contributed by atoms with Gasteiger partial charge in [-0.1, -0.05) is 15.9 Å². The van der Waals surface area contributed by atoms with Crippen LogP contribution in [-0.4, -0.2) is 15.0 Å². The van der Waals surface area contributed by atoms with Gasteiger partial charge in [-0.15, -0.1) is 0 Å². The summed E-state index contributed by atoms with van der Waals surface area (Å²) in [4.78, 5) is -0.299. The average molecular weight is 302 g/mol. The molecule has 8 heteroatoms. The van der Waals surface area contributed by atoms with Gasteiger partial charge in [0.2, 0.25) is 10.0 Å². The fraction of sp³-hybridized carbons (Fsp3) is 0.143. The van der Waals surface area contributed by atoms with Crippen LogP contribution in [0.4, 0.5) is 8.78 Å². The highest BCUT2D eigenvalue weighted by Gasteiger charge is 2.12. The van der Waals surface area contributed by atoms with Gasteiger partial charge in [0, 0.05) is 10.5 Å². The van der Waals surface area contributed by atoms with Gasteiger partial charge in [-0.05, 0) is 12.1 Å². The average Bonchev–Trinajstić information content (AvgIpc) is 1.99. The lowest BCUT2D eigenvalue weighted by atomic mass is 10.3. The number of hydrogen-bond donors (Lipinski definition) is 1. The number of alkyl halides is 2. The number of hydrogen-bond acceptors (Lipinski definition) is 3. The summed E-state index contributed by atoms with van der Waals surface area (Å²) in [6.45, 7) is -3.02. The van der Waals surface area contributed by atoms with E-state index in [2.05, 4.69) is 20.7 Å². The second-order valence-electron chi connectivity index (χ2n) is 2.55. The van der Waals surface area contributed by atoms with Crippen molar-refractivity contribution in [1.82, 2.24) is 0 Å². The third kappa shape index (κ3) is 3.73. The summed E-state index contributed by atoms with van der Waals surface area (Å²) in [7, 11) is -3.94. The number of sulfonamides is 1. The molecule has 0 bridgehead atoms. The van der Waals surface area contributed by atoms with E-state index in [9.17, 15) is 17.2 Å². The Morgan fingerprint density at radius 1 is 1.33 bits per heavy atom. The first-order valence-electron chi connectivity index (χ1n) is 3.57. The monoisotopic (exact) mass is 301 g/mol. The van der Waals surface area contributed by atoms with E-state index in [4.69, 9.17) is 5.14 Å². The summed E-state index contributed by atoms with van der Waals surface area (Å²) in [5.74, 6) is -0.275. The Bertz CT molecular complexity index is 463. The number of rotatable bonds is 3. The molecule has 0 saturated carbocycles. The second-order valence-corrected chi connectivity index (χ2v) is 5.02. The summed E-state index contributed by atoms with van der Waals surface area (Å²) < 4.78 is 49.9. The Balaban J connectivity index is 3.17. The molecule has 0 radical (unpaired) electrons. The van der Waals surface area contributed by atoms with E-state index in [0.29, 0.717) is 0 Å². The van der Waals surface area contributed by atoms with Crippen LogP contribution in [-0.2, 0) is 10.0 Å². The van der Waals surface area contributed by atoms with Crippen molar-refractivity contribution in [3.63, 3.8) is 0 Å². The van der Waals surface area contributed by atoms with Crippen molar-refractivity contribution in [3.8, 4) is 5.75 Å². The normalized spacial score (nSPS) is 11.8. The lowest BCUT2D eigenvalue weighted by Crippen LogP contribution is -2.12. The van der Waals surface area contributed by atoms with Crippen LogP contribution in [0.15, 0.2) is 27.6 Å². The van der Waals surface area contributed by atoms with Crippen LogP contribution < -0.4 is 9.88 Å². The minimum atomic E-state index is -3.94. The van der Waals surface area contributed by atoms with E-state index in [1.807, 2.05) is 0 Å². The first kappa shape index (κ1) is 12.3. The molecule has 2 N–H and O–H groups in total. The van der Waals surface area contributed by atoms with Crippen molar-refractivity contribution in [2.24, 2.45) is 5.14 Å². The molecule has 0 saturated heterocycles. The number of nitrogens with two attached hydrogens (primary N) is 1. The molecule has 0 atom stereocenters. The molecule has 84 valence electrons. The predicted molar refractivity (Wildman–Crippen MR) is 52.1 cm³/mol. The molecule has 4 nitrogen and oxygen atoms in total. The highest BCUT2D eigenvalue weighted by molar-refractivity contribution is 9.10. The zero-order valence-corrected chi connectivity index (χ0v) is 9.56. The summed E-state index contributed by atoms with van der Waals surface area (Å²) in [6, 6.07) is 3.32. The van der Waals surface area contributed by atoms with E-state index in [1.165, 1.54) is 12.1 Å². The van der Waals surface area contributed by atoms with Gasteiger partial charge < -0.3 is 4.74 Å². The maximum absolute atomic E-state index is 11.9. The topological polar surface area (TPSA) is 69.4 Å². The zero-order chi connectivity index (χ0) is 11.6. The van der Waals surface area contributed by atoms with Gasteiger partial charge in [0.05, 0.1) is 4.90 Å². The molecule has 0 aliphatic rings. The predicted octanol–water partition coefficient (Wildman–Crippen LogP) is 1.70. The maximum Gasteiger partial charge on any atom is 0.387 e. The Kier molecular flexibility index (Phi) is 3.63. The Labute approximate surface area is 93.2 Å². The molecule has 0 aliphatic carbocycles. The third-order valence-electron chi connectivity index (χ3n) is 1.40. The first-order valence-corrected chi connectivity index (χ1v) is 5.91. The van der Waals surface area contributed by atoms with Gasteiger partial charge in [-0.2, -0.15) is 8.78 Å². The quantitative estimate of drug-likeness (QED) is 0.924. The van der Waals surface area contributed by atoms with Crippen molar-refractivity contribution >= 4 is 26.0 Å². The van der Waals surface area contributed by atoms with Crippen molar-refractivity contribution < 1.29 is 21.9 Å². The lowest BCUT2D eigenvalue weighted by molar-refractivity contribution is -0.0500. The Morgan fingerprint density at radius 3 is 2.40 bits per heavy atom. The SMILES string of the molecule is NS(=O)(=O)c1cc(Br)cc(OC(F)F)c1. The summed E-state index contributed by atoms with van der Waals surface area (Å²) in [5.41, 5.74) is 0. The minimum Gasteiger partial charge on any atom is -0.435 e. The van der Waals surface area contributed by atoms with Crippen LogP contribution >= 0.6 is 15.9 Å². The van der Waals surface area contributed by atoms with E-state index < -0.39 is 16.6 Å². The van der Waals surface area contributed by atoms with Gasteiger partial charge in [-0.25, -0.2) is 13.6 Å². The Hall–Kier alpha value is -0.730. The highest BCUT2D eigenvalue weighted by atomic mass is 79.9. The number of halogens is 3. The largest absolute Gasteiger partial charge is 0.435 e. The van der Waals surface area contributed by atoms with Crippen molar-refractivity contribution in [1.29, 1.82) is 0 Å². The maximum atomic E-state index is 11.9. The summed E-state index contributed by atoms with van der Waals surface area (Å²) in [5, 5.41) is 4.83. The van der Waals surface area contributed by atoms with Crippen LogP contribution in [0, 0.1) is 0 Å². The first-order chi connectivity index (χ1) is 6.79. The fourth-order valence-corrected chi connectivity index (χ4v) is 2.07. The van der Waals surface area contributed by atoms with Crippen LogP contribution in [0.1, 0.15) is 0 Å².